The molecule has 1 fully saturated rings. The molecule has 2 heterocycles. The summed E-state index contributed by atoms with van der Waals surface area (Å²) in [5, 5.41) is 2.24. The average Bonchev–Trinajstić information content (AvgIpc) is 3.35. The molecule has 0 bridgehead atoms. The summed E-state index contributed by atoms with van der Waals surface area (Å²) in [7, 11) is -2.09. The third-order valence-electron chi connectivity index (χ3n) is 6.88. The summed E-state index contributed by atoms with van der Waals surface area (Å²) in [4.78, 5) is 26.4. The fraction of sp³-hybridized carbons (Fsp3) is 0.478. The van der Waals surface area contributed by atoms with Crippen LogP contribution in [-0.4, -0.2) is 93.6 Å². The van der Waals surface area contributed by atoms with Crippen molar-refractivity contribution in [1.29, 1.82) is 0 Å². The second-order valence-electron chi connectivity index (χ2n) is 9.14. The van der Waals surface area contributed by atoms with E-state index in [0.717, 1.165) is 49.8 Å². The average molecular weight is 496 g/mol. The van der Waals surface area contributed by atoms with Crippen LogP contribution in [0.4, 0.5) is 10.5 Å². The number of hydrogen-bond donors (Lipinski definition) is 2. The molecule has 0 saturated carbocycles. The van der Waals surface area contributed by atoms with Crippen molar-refractivity contribution in [2.75, 3.05) is 18.4 Å². The van der Waals surface area contributed by atoms with E-state index in [1.54, 1.807) is 19.3 Å². The van der Waals surface area contributed by atoms with Crippen LogP contribution < -0.4 is 15.6 Å². The van der Waals surface area contributed by atoms with Gasteiger partial charge in [0.15, 0.2) is 0 Å². The van der Waals surface area contributed by atoms with Crippen LogP contribution in [0.5, 0.6) is 0 Å². The van der Waals surface area contributed by atoms with E-state index in [9.17, 15) is 18.0 Å². The number of anilines is 1. The van der Waals surface area contributed by atoms with Crippen LogP contribution in [0.25, 0.3) is 0 Å². The molecule has 5 rings (SSSR count). The maximum atomic E-state index is 12.7. The Morgan fingerprint density at radius 3 is 2.30 bits per heavy atom. The maximum Gasteiger partial charge on any atom is 0.332 e. The largest absolute Gasteiger partial charge is 0.332 e. The fourth-order valence-corrected chi connectivity index (χ4v) is 6.40. The van der Waals surface area contributed by atoms with Gasteiger partial charge in [0, 0.05) is 96.0 Å². The Hall–Kier alpha value is -1.01. The molecule has 1 aromatic carbocycles. The molecule has 0 spiro atoms. The number of amides is 2. The third-order valence-corrected chi connectivity index (χ3v) is 8.53. The summed E-state index contributed by atoms with van der Waals surface area (Å²) in [6.45, 7) is 1.17. The first-order valence-electron chi connectivity index (χ1n) is 11.2. The summed E-state index contributed by atoms with van der Waals surface area (Å²) < 4.78 is 29.2. The number of nitrogens with one attached hydrogen (secondary N) is 2. The van der Waals surface area contributed by atoms with E-state index in [0.29, 0.717) is 19.6 Å². The molecule has 2 amide bonds. The number of hydrogen-bond acceptors (Lipinski definition) is 5. The number of carbonyl (C=O) groups excluding carboxylic acids is 1. The van der Waals surface area contributed by atoms with Gasteiger partial charge in [-0.3, -0.25) is 9.69 Å². The summed E-state index contributed by atoms with van der Waals surface area (Å²) in [5.74, 6) is 0. The van der Waals surface area contributed by atoms with Crippen molar-refractivity contribution >= 4 is 73.1 Å². The molecule has 1 aromatic heterocycles. The van der Waals surface area contributed by atoms with Gasteiger partial charge in [-0.15, -0.1) is 0 Å². The Bertz CT molecular complexity index is 1220. The van der Waals surface area contributed by atoms with Gasteiger partial charge in [-0.05, 0) is 72.4 Å². The smallest absolute Gasteiger partial charge is 0.319 e. The number of nitrogens with zero attached hydrogens (tertiary/aromatic N) is 2. The molecular formula is C23H28KN4O4S. The van der Waals surface area contributed by atoms with E-state index in [-0.39, 0.29) is 56.9 Å². The molecule has 2 aromatic rings. The first kappa shape index (κ1) is 25.1. The molecule has 2 aliphatic carbocycles. The molecule has 171 valence electrons. The number of carbonyl (C=O) groups is 1. The van der Waals surface area contributed by atoms with Crippen molar-refractivity contribution in [1.82, 2.24) is 14.2 Å². The molecule has 3 aliphatic rings. The zero-order valence-electron chi connectivity index (χ0n) is 19.2. The van der Waals surface area contributed by atoms with Crippen molar-refractivity contribution < 1.29 is 13.2 Å². The van der Waals surface area contributed by atoms with Gasteiger partial charge in [-0.2, -0.15) is 0 Å². The number of urea groups is 1. The van der Waals surface area contributed by atoms with Gasteiger partial charge >= 0.3 is 6.03 Å². The van der Waals surface area contributed by atoms with Crippen LogP contribution in [0, 0.1) is 0 Å². The second kappa shape index (κ2) is 9.92. The van der Waals surface area contributed by atoms with E-state index >= 15 is 0 Å². The number of aryl methyl sites for hydroxylation is 3. The Balaban J connectivity index is 0.00000259. The van der Waals surface area contributed by atoms with Crippen molar-refractivity contribution in [2.45, 2.75) is 50.3 Å². The van der Waals surface area contributed by atoms with Gasteiger partial charge in [-0.25, -0.2) is 17.9 Å². The third kappa shape index (κ3) is 5.17. The summed E-state index contributed by atoms with van der Waals surface area (Å²) in [5.41, 5.74) is 6.50. The Kier molecular flexibility index (Phi) is 7.55. The van der Waals surface area contributed by atoms with Crippen LogP contribution in [0.2, 0.25) is 0 Å². The number of benzene rings is 1. The van der Waals surface area contributed by atoms with Crippen LogP contribution in [-0.2, 0) is 49.3 Å². The Morgan fingerprint density at radius 2 is 1.70 bits per heavy atom. The molecule has 8 nitrogen and oxygen atoms in total. The summed E-state index contributed by atoms with van der Waals surface area (Å²) in [6.07, 6.45) is 7.71. The van der Waals surface area contributed by atoms with Gasteiger partial charge in [0.05, 0.1) is 0 Å². The molecule has 1 radical (unpaired) electrons. The molecule has 2 N–H and O–H groups in total. The van der Waals surface area contributed by atoms with Gasteiger partial charge in [0.1, 0.15) is 5.25 Å². The Morgan fingerprint density at radius 1 is 1.06 bits per heavy atom. The van der Waals surface area contributed by atoms with Crippen molar-refractivity contribution in [3.05, 3.63) is 62.6 Å². The van der Waals surface area contributed by atoms with Gasteiger partial charge < -0.3 is 9.88 Å². The minimum atomic E-state index is -3.78. The van der Waals surface area contributed by atoms with E-state index in [1.807, 2.05) is 11.0 Å². The second-order valence-corrected chi connectivity index (χ2v) is 11.1. The standard InChI is InChI=1S/C23H28N4O4S.K/c1-26-9-8-15(10-21(26)28)12-27-13-18(14-27)32(30,31)25-23(29)24-22-19-6-2-4-16(19)11-17-5-3-7-20(17)22;/h8-11,18H,2-7,12-14H2,1H3,(H2,24,25,29);. The minimum absolute atomic E-state index is 0. The monoisotopic (exact) mass is 495 g/mol. The van der Waals surface area contributed by atoms with E-state index in [1.165, 1.54) is 26.8 Å². The Labute approximate surface area is 236 Å². The summed E-state index contributed by atoms with van der Waals surface area (Å²) >= 11 is 0. The fourth-order valence-electron chi connectivity index (χ4n) is 5.11. The number of fused-ring (bicyclic) bond motifs is 2. The number of rotatable bonds is 5. The first-order chi connectivity index (χ1) is 15.3. The van der Waals surface area contributed by atoms with E-state index < -0.39 is 21.3 Å². The van der Waals surface area contributed by atoms with E-state index in [4.69, 9.17) is 0 Å². The molecular weight excluding hydrogens is 467 g/mol. The van der Waals surface area contributed by atoms with Crippen LogP contribution in [0.3, 0.4) is 0 Å². The molecule has 0 atom stereocenters. The first-order valence-corrected chi connectivity index (χ1v) is 12.7. The molecule has 10 heteroatoms. The number of sulfonamides is 1. The predicted octanol–water partition coefficient (Wildman–Crippen LogP) is 1.32. The van der Waals surface area contributed by atoms with Crippen molar-refractivity contribution in [3.8, 4) is 0 Å². The molecule has 33 heavy (non-hydrogen) atoms. The quantitative estimate of drug-likeness (QED) is 0.610. The van der Waals surface area contributed by atoms with Crippen molar-refractivity contribution in [2.24, 2.45) is 7.05 Å². The zero-order valence-corrected chi connectivity index (χ0v) is 23.1. The van der Waals surface area contributed by atoms with Gasteiger partial charge in [0.2, 0.25) is 10.0 Å². The summed E-state index contributed by atoms with van der Waals surface area (Å²) in [6, 6.07) is 5.01. The van der Waals surface area contributed by atoms with Crippen LogP contribution in [0.1, 0.15) is 40.7 Å². The van der Waals surface area contributed by atoms with Crippen LogP contribution >= 0.6 is 0 Å². The predicted molar refractivity (Wildman–Crippen MR) is 128 cm³/mol. The van der Waals surface area contributed by atoms with E-state index in [2.05, 4.69) is 16.1 Å². The SMILES string of the molecule is Cn1ccc(CN2CC(S(=O)(=O)NC(=O)Nc3c4c(cc5c3CCC5)CCC4)C2)cc1=O.[K]. The molecule has 1 aliphatic heterocycles. The molecule has 1 saturated heterocycles. The molecule has 0 unspecified atom stereocenters. The number of aromatic nitrogens is 1. The zero-order chi connectivity index (χ0) is 22.5. The normalized spacial score (nSPS) is 17.6. The van der Waals surface area contributed by atoms with Gasteiger partial charge in [0.25, 0.3) is 5.56 Å². The van der Waals surface area contributed by atoms with Crippen LogP contribution in [0.15, 0.2) is 29.2 Å². The number of likely N-dealkylation sites (tertiary alicyclic amines) is 1. The van der Waals surface area contributed by atoms with Gasteiger partial charge in [-0.1, -0.05) is 6.07 Å². The number of pyridine rings is 1. The topological polar surface area (TPSA) is 101 Å². The van der Waals surface area contributed by atoms with Crippen molar-refractivity contribution in [3.63, 3.8) is 0 Å². The maximum absolute atomic E-state index is 12.7. The minimum Gasteiger partial charge on any atom is -0.319 e.